The van der Waals surface area contributed by atoms with Crippen molar-refractivity contribution in [3.8, 4) is 16.9 Å². The fourth-order valence-electron chi connectivity index (χ4n) is 15.4. The van der Waals surface area contributed by atoms with E-state index in [2.05, 4.69) is 192 Å². The summed E-state index contributed by atoms with van der Waals surface area (Å²) < 4.78 is 21.9. The van der Waals surface area contributed by atoms with Gasteiger partial charge >= 0.3 is 0 Å². The molecule has 3 heterocycles. The van der Waals surface area contributed by atoms with Crippen LogP contribution in [0.3, 0.4) is 0 Å². The SMILES string of the molecule is C=Cc1oc2c(N(c3ccc4ccc5c6c(ccc3c46)CC=CC=5N(c3cccc(-c4ccccc4)c3O)c3cccc4c5c(oc34)C(C3CCCCC3)=CC=CC5)c3cccc4c5c(oc34)C(C3CCCCC3)=CC=CC5)cccc2c1/C=C\C. The van der Waals surface area contributed by atoms with E-state index in [1.165, 1.54) is 92.0 Å². The third kappa shape index (κ3) is 8.42. The van der Waals surface area contributed by atoms with E-state index in [0.29, 0.717) is 23.9 Å². The van der Waals surface area contributed by atoms with Crippen LogP contribution in [0.1, 0.15) is 111 Å². The van der Waals surface area contributed by atoms with Crippen LogP contribution in [-0.2, 0) is 19.3 Å². The van der Waals surface area contributed by atoms with E-state index >= 15 is 0 Å². The van der Waals surface area contributed by atoms with Gasteiger partial charge < -0.3 is 28.2 Å². The molecule has 86 heavy (non-hydrogen) atoms. The lowest BCUT2D eigenvalue weighted by Crippen LogP contribution is -2.22. The van der Waals surface area contributed by atoms with Gasteiger partial charge in [0.15, 0.2) is 16.7 Å². The van der Waals surface area contributed by atoms with E-state index in [1.54, 1.807) is 0 Å². The summed E-state index contributed by atoms with van der Waals surface area (Å²) in [5.41, 5.74) is 16.8. The highest BCUT2D eigenvalue weighted by molar-refractivity contribution is 6.19. The number of anilines is 5. The number of rotatable bonds is 11. The third-order valence-electron chi connectivity index (χ3n) is 19.4. The number of aromatic hydroxyl groups is 1. The van der Waals surface area contributed by atoms with Gasteiger partial charge in [0, 0.05) is 49.0 Å². The summed E-state index contributed by atoms with van der Waals surface area (Å²) in [6, 6.07) is 50.0. The van der Waals surface area contributed by atoms with E-state index in [4.69, 9.17) is 13.3 Å². The molecular formula is C80H68N2O4. The standard InChI is InChI=1S/C80H68N2O4/c1-3-23-58-59-36-20-41-69(78(59)84-72(58)4-2)82(71-43-22-38-63-61-34-17-15-32-57(77(61)86-80(63)71)52-28-12-7-13-29-52)67-49-46-54-45-48-64-66(39-18-30-53-44-47-65(67)74(54)73(53)64)81(68-40-19-35-55(75(68)83)50-24-8-5-9-25-50)70-42-21-37-62-60-33-16-14-31-56(76(60)85-79(62)70)51-26-10-6-11-27-51/h3-5,8-9,14-25,31-32,35-49,51-52,83H,2,6-7,10-13,26-30,33-34H2,1H3/b23-3-. The number of benzene rings is 8. The van der Waals surface area contributed by atoms with Crippen LogP contribution in [0.4, 0.5) is 28.4 Å². The van der Waals surface area contributed by atoms with Crippen LogP contribution in [-0.4, -0.2) is 5.11 Å². The van der Waals surface area contributed by atoms with Crippen molar-refractivity contribution in [1.82, 2.24) is 0 Å². The van der Waals surface area contributed by atoms with Gasteiger partial charge in [0.2, 0.25) is 0 Å². The number of nitrogens with zero attached hydrogens (tertiary/aromatic N) is 2. The molecule has 1 N–H and O–H groups in total. The molecule has 0 atom stereocenters. The predicted molar refractivity (Wildman–Crippen MR) is 359 cm³/mol. The quantitative estimate of drug-likeness (QED) is 0.139. The lowest BCUT2D eigenvalue weighted by atomic mass is 9.82. The molecule has 0 amide bonds. The minimum atomic E-state index is 0.197. The molecule has 6 heteroatoms. The summed E-state index contributed by atoms with van der Waals surface area (Å²) in [6.07, 6.45) is 38.8. The zero-order valence-electron chi connectivity index (χ0n) is 48.8. The number of phenolic OH excluding ortho intramolecular Hbond substituents is 1. The maximum atomic E-state index is 13.0. The summed E-state index contributed by atoms with van der Waals surface area (Å²) in [7, 11) is 0. The molecule has 2 saturated carbocycles. The van der Waals surface area contributed by atoms with E-state index in [0.717, 1.165) is 135 Å². The second-order valence-corrected chi connectivity index (χ2v) is 24.2. The minimum absolute atomic E-state index is 0.197. The fraction of sp³-hybridized carbons (Fsp3) is 0.200. The number of furan rings is 3. The van der Waals surface area contributed by atoms with E-state index in [9.17, 15) is 5.11 Å². The maximum Gasteiger partial charge on any atom is 0.159 e. The summed E-state index contributed by atoms with van der Waals surface area (Å²) in [5.74, 6) is 3.85. The molecule has 0 aliphatic heterocycles. The Kier molecular flexibility index (Phi) is 13.0. The van der Waals surface area contributed by atoms with E-state index in [1.807, 2.05) is 37.3 Å². The molecule has 3 aromatic heterocycles. The molecule has 8 aromatic carbocycles. The van der Waals surface area contributed by atoms with Crippen molar-refractivity contribution in [3.63, 3.8) is 0 Å². The largest absolute Gasteiger partial charge is 0.505 e. The molecule has 0 bridgehead atoms. The molecule has 0 unspecified atom stereocenters. The molecule has 6 nitrogen and oxygen atoms in total. The highest BCUT2D eigenvalue weighted by atomic mass is 16.3. The minimum Gasteiger partial charge on any atom is -0.505 e. The molecule has 0 saturated heterocycles. The molecule has 11 aromatic rings. The lowest BCUT2D eigenvalue weighted by molar-refractivity contribution is 0.422. The van der Waals surface area contributed by atoms with Crippen molar-refractivity contribution in [1.29, 1.82) is 0 Å². The van der Waals surface area contributed by atoms with Crippen LogP contribution in [0.25, 0.3) is 94.6 Å². The van der Waals surface area contributed by atoms with Crippen LogP contribution in [0.2, 0.25) is 0 Å². The summed E-state index contributed by atoms with van der Waals surface area (Å²) in [5, 5.41) is 21.8. The van der Waals surface area contributed by atoms with Crippen molar-refractivity contribution in [3.05, 3.63) is 246 Å². The normalized spacial score (nSPS) is 16.5. The average Bonchev–Trinajstić information content (AvgIpc) is 1.58. The second-order valence-electron chi connectivity index (χ2n) is 24.2. The van der Waals surface area contributed by atoms with Crippen molar-refractivity contribution in [2.45, 2.75) is 90.4 Å². The fourth-order valence-corrected chi connectivity index (χ4v) is 15.4. The first kappa shape index (κ1) is 52.1. The van der Waals surface area contributed by atoms with Crippen molar-refractivity contribution >= 4 is 112 Å². The number of fused-ring (bicyclic) bond motifs is 7. The molecule has 2 fully saturated rings. The Balaban J connectivity index is 0.963. The Bertz CT molecular complexity index is 4800. The van der Waals surface area contributed by atoms with Crippen LogP contribution in [0.15, 0.2) is 214 Å². The topological polar surface area (TPSA) is 66.1 Å². The second kappa shape index (κ2) is 21.5. The Labute approximate surface area is 502 Å². The lowest BCUT2D eigenvalue weighted by Gasteiger charge is -2.29. The predicted octanol–water partition coefficient (Wildman–Crippen LogP) is 21.7. The molecule has 0 radical (unpaired) electrons. The first-order valence-corrected chi connectivity index (χ1v) is 31.3. The van der Waals surface area contributed by atoms with Crippen LogP contribution >= 0.6 is 0 Å². The van der Waals surface area contributed by atoms with Gasteiger partial charge in [0.05, 0.1) is 34.1 Å². The van der Waals surface area contributed by atoms with Gasteiger partial charge in [-0.15, -0.1) is 0 Å². The van der Waals surface area contributed by atoms with Crippen molar-refractivity contribution in [2.24, 2.45) is 11.8 Å². The zero-order valence-corrected chi connectivity index (χ0v) is 48.8. The molecule has 422 valence electrons. The summed E-state index contributed by atoms with van der Waals surface area (Å²) in [4.78, 5) is 4.68. The van der Waals surface area contributed by atoms with Gasteiger partial charge in [0.25, 0.3) is 0 Å². The van der Waals surface area contributed by atoms with Crippen LogP contribution < -0.4 is 15.0 Å². The number of hydrogen-bond acceptors (Lipinski definition) is 6. The Morgan fingerprint density at radius 2 is 1.10 bits per heavy atom. The monoisotopic (exact) mass is 1120 g/mol. The molecule has 5 aliphatic carbocycles. The van der Waals surface area contributed by atoms with Gasteiger partial charge in [-0.2, -0.15) is 0 Å². The van der Waals surface area contributed by atoms with Gasteiger partial charge in [-0.05, 0) is 145 Å². The first-order valence-electron chi connectivity index (χ1n) is 31.3. The summed E-state index contributed by atoms with van der Waals surface area (Å²) in [6.45, 7) is 6.27. The first-order chi connectivity index (χ1) is 42.5. The van der Waals surface area contributed by atoms with Gasteiger partial charge in [-0.3, -0.25) is 0 Å². The third-order valence-corrected chi connectivity index (χ3v) is 19.4. The highest BCUT2D eigenvalue weighted by Gasteiger charge is 2.33. The van der Waals surface area contributed by atoms with Gasteiger partial charge in [-0.1, -0.05) is 209 Å². The smallest absolute Gasteiger partial charge is 0.159 e. The summed E-state index contributed by atoms with van der Waals surface area (Å²) >= 11 is 0. The van der Waals surface area contributed by atoms with E-state index in [-0.39, 0.29) is 5.75 Å². The highest BCUT2D eigenvalue weighted by Crippen LogP contribution is 2.53. The van der Waals surface area contributed by atoms with Crippen LogP contribution in [0, 0.1) is 11.8 Å². The number of phenols is 1. The molecule has 5 aliphatic rings. The number of hydrogen-bond donors (Lipinski definition) is 1. The number of allylic oxidation sites excluding steroid dienone is 10. The van der Waals surface area contributed by atoms with Crippen LogP contribution in [0.5, 0.6) is 5.75 Å². The van der Waals surface area contributed by atoms with Crippen molar-refractivity contribution in [2.75, 3.05) is 9.80 Å². The zero-order chi connectivity index (χ0) is 57.4. The maximum absolute atomic E-state index is 13.0. The molecular weight excluding hydrogens is 1050 g/mol. The molecule has 0 spiro atoms. The van der Waals surface area contributed by atoms with Gasteiger partial charge in [-0.25, -0.2) is 0 Å². The van der Waals surface area contributed by atoms with Gasteiger partial charge in [0.1, 0.15) is 23.0 Å². The van der Waals surface area contributed by atoms with Crippen molar-refractivity contribution < 1.29 is 18.4 Å². The average molecular weight is 1120 g/mol. The Hall–Kier alpha value is -9.52. The Morgan fingerprint density at radius 1 is 0.512 bits per heavy atom. The van der Waals surface area contributed by atoms with E-state index < -0.39 is 0 Å². The number of para-hydroxylation sites is 4. The molecule has 16 rings (SSSR count). The Morgan fingerprint density at radius 3 is 1.74 bits per heavy atom.